The van der Waals surface area contributed by atoms with Gasteiger partial charge in [-0.3, -0.25) is 14.9 Å². The van der Waals surface area contributed by atoms with Gasteiger partial charge in [0.05, 0.1) is 4.92 Å². The number of hydrogen-bond donors (Lipinski definition) is 2. The van der Waals surface area contributed by atoms with Crippen LogP contribution in [0.25, 0.3) is 0 Å². The number of carbonyl (C=O) groups is 1. The van der Waals surface area contributed by atoms with Gasteiger partial charge in [0, 0.05) is 29.8 Å². The van der Waals surface area contributed by atoms with E-state index in [2.05, 4.69) is 5.32 Å². The third-order valence-electron chi connectivity index (χ3n) is 3.86. The van der Waals surface area contributed by atoms with Crippen LogP contribution in [0, 0.1) is 23.0 Å². The van der Waals surface area contributed by atoms with Crippen molar-refractivity contribution in [1.29, 1.82) is 0 Å². The number of nitrogens with one attached hydrogen (secondary N) is 1. The van der Waals surface area contributed by atoms with Crippen LogP contribution in [0.4, 0.5) is 11.4 Å². The predicted octanol–water partition coefficient (Wildman–Crippen LogP) is 2.36. The van der Waals surface area contributed by atoms with Crippen molar-refractivity contribution >= 4 is 17.3 Å². The summed E-state index contributed by atoms with van der Waals surface area (Å²) in [5.74, 6) is 0.0842. The lowest BCUT2D eigenvalue weighted by Crippen LogP contribution is -2.28. The molecule has 0 radical (unpaired) electrons. The molecule has 0 unspecified atom stereocenters. The van der Waals surface area contributed by atoms with Gasteiger partial charge in [-0.15, -0.1) is 0 Å². The minimum atomic E-state index is -0.447. The van der Waals surface area contributed by atoms with Crippen LogP contribution >= 0.6 is 0 Å². The highest BCUT2D eigenvalue weighted by Crippen LogP contribution is 2.28. The number of aryl methyl sites for hydroxylation is 1. The van der Waals surface area contributed by atoms with E-state index in [1.807, 2.05) is 0 Å². The van der Waals surface area contributed by atoms with E-state index in [1.165, 1.54) is 6.07 Å². The number of nitro benzene ring substituents is 1. The number of nitro groups is 1. The molecular formula is C14H19N3O3. The summed E-state index contributed by atoms with van der Waals surface area (Å²) in [6.07, 6.45) is 3.38. The minimum absolute atomic E-state index is 0.0142. The smallest absolute Gasteiger partial charge is 0.274 e. The van der Waals surface area contributed by atoms with Gasteiger partial charge in [0.25, 0.3) is 5.69 Å². The monoisotopic (exact) mass is 277 g/mol. The van der Waals surface area contributed by atoms with Crippen LogP contribution in [0.2, 0.25) is 0 Å². The van der Waals surface area contributed by atoms with E-state index in [1.54, 1.807) is 19.1 Å². The minimum Gasteiger partial charge on any atom is -0.327 e. The SMILES string of the molecule is Cc1ccc(NC(=O)C[C@@H]2CCC[C@H]2N)cc1[N+](=O)[O-]. The second-order valence-corrected chi connectivity index (χ2v) is 5.37. The first kappa shape index (κ1) is 14.5. The first-order valence-corrected chi connectivity index (χ1v) is 6.78. The molecule has 0 heterocycles. The van der Waals surface area contributed by atoms with Crippen LogP contribution in [0.3, 0.4) is 0 Å². The standard InChI is InChI=1S/C14H19N3O3/c1-9-5-6-11(8-13(9)17(19)20)16-14(18)7-10-3-2-4-12(10)15/h5-6,8,10,12H,2-4,7,15H2,1H3,(H,16,18)/t10-,12+/m0/s1. The zero-order valence-corrected chi connectivity index (χ0v) is 11.5. The van der Waals surface area contributed by atoms with E-state index in [0.717, 1.165) is 19.3 Å². The van der Waals surface area contributed by atoms with Gasteiger partial charge < -0.3 is 11.1 Å². The fraction of sp³-hybridized carbons (Fsp3) is 0.500. The summed E-state index contributed by atoms with van der Waals surface area (Å²) in [6, 6.07) is 4.79. The number of rotatable bonds is 4. The summed E-state index contributed by atoms with van der Waals surface area (Å²) >= 11 is 0. The molecule has 1 fully saturated rings. The number of amides is 1. The Kier molecular flexibility index (Phi) is 4.34. The Morgan fingerprint density at radius 3 is 2.85 bits per heavy atom. The second-order valence-electron chi connectivity index (χ2n) is 5.37. The van der Waals surface area contributed by atoms with Crippen molar-refractivity contribution in [2.75, 3.05) is 5.32 Å². The number of nitrogens with two attached hydrogens (primary N) is 1. The summed E-state index contributed by atoms with van der Waals surface area (Å²) in [6.45, 7) is 1.67. The van der Waals surface area contributed by atoms with E-state index in [0.29, 0.717) is 17.7 Å². The molecule has 1 aliphatic carbocycles. The molecule has 0 spiro atoms. The molecular weight excluding hydrogens is 258 g/mol. The maximum absolute atomic E-state index is 11.9. The lowest BCUT2D eigenvalue weighted by atomic mass is 10.00. The molecule has 108 valence electrons. The van der Waals surface area contributed by atoms with E-state index < -0.39 is 4.92 Å². The van der Waals surface area contributed by atoms with Crippen LogP contribution in [0.1, 0.15) is 31.2 Å². The van der Waals surface area contributed by atoms with Gasteiger partial charge >= 0.3 is 0 Å². The van der Waals surface area contributed by atoms with Crippen molar-refractivity contribution in [2.24, 2.45) is 11.7 Å². The van der Waals surface area contributed by atoms with Crippen molar-refractivity contribution in [1.82, 2.24) is 0 Å². The van der Waals surface area contributed by atoms with E-state index >= 15 is 0 Å². The molecule has 0 saturated heterocycles. The molecule has 6 nitrogen and oxygen atoms in total. The van der Waals surface area contributed by atoms with Gasteiger partial charge in [-0.25, -0.2) is 0 Å². The van der Waals surface area contributed by atoms with Crippen LogP contribution in [0.15, 0.2) is 18.2 Å². The quantitative estimate of drug-likeness (QED) is 0.652. The molecule has 0 bridgehead atoms. The number of benzene rings is 1. The van der Waals surface area contributed by atoms with Gasteiger partial charge in [-0.2, -0.15) is 0 Å². The van der Waals surface area contributed by atoms with E-state index in [4.69, 9.17) is 5.73 Å². The van der Waals surface area contributed by atoms with Crippen LogP contribution in [-0.2, 0) is 4.79 Å². The first-order chi connectivity index (χ1) is 9.47. The highest BCUT2D eigenvalue weighted by molar-refractivity contribution is 5.91. The van der Waals surface area contributed by atoms with E-state index in [9.17, 15) is 14.9 Å². The second kappa shape index (κ2) is 6.00. The fourth-order valence-corrected chi connectivity index (χ4v) is 2.65. The zero-order chi connectivity index (χ0) is 14.7. The average Bonchev–Trinajstić information content (AvgIpc) is 2.77. The normalized spacial score (nSPS) is 21.7. The summed E-state index contributed by atoms with van der Waals surface area (Å²) in [5, 5.41) is 13.6. The topological polar surface area (TPSA) is 98.3 Å². The highest BCUT2D eigenvalue weighted by atomic mass is 16.6. The van der Waals surface area contributed by atoms with Gasteiger partial charge in [-0.1, -0.05) is 12.5 Å². The largest absolute Gasteiger partial charge is 0.327 e. The van der Waals surface area contributed by atoms with E-state index in [-0.39, 0.29) is 23.6 Å². The highest BCUT2D eigenvalue weighted by Gasteiger charge is 2.26. The van der Waals surface area contributed by atoms with Gasteiger partial charge in [0.2, 0.25) is 5.91 Å². The average molecular weight is 277 g/mol. The fourth-order valence-electron chi connectivity index (χ4n) is 2.65. The molecule has 2 atom stereocenters. The van der Waals surface area contributed by atoms with Gasteiger partial charge in [-0.05, 0) is 31.7 Å². The molecule has 0 aliphatic heterocycles. The molecule has 0 aromatic heterocycles. The Balaban J connectivity index is 2.00. The third kappa shape index (κ3) is 3.33. The summed E-state index contributed by atoms with van der Waals surface area (Å²) in [4.78, 5) is 22.4. The Hall–Kier alpha value is -1.95. The Labute approximate surface area is 117 Å². The molecule has 1 aliphatic rings. The van der Waals surface area contributed by atoms with Crippen molar-refractivity contribution < 1.29 is 9.72 Å². The molecule has 1 aromatic rings. The van der Waals surface area contributed by atoms with Gasteiger partial charge in [0.15, 0.2) is 0 Å². The molecule has 1 saturated carbocycles. The molecule has 20 heavy (non-hydrogen) atoms. The Morgan fingerprint density at radius 2 is 2.25 bits per heavy atom. The van der Waals surface area contributed by atoms with Crippen LogP contribution in [0.5, 0.6) is 0 Å². The summed E-state index contributed by atoms with van der Waals surface area (Å²) < 4.78 is 0. The maximum Gasteiger partial charge on any atom is 0.274 e. The van der Waals surface area contributed by atoms with Gasteiger partial charge in [0.1, 0.15) is 0 Å². The zero-order valence-electron chi connectivity index (χ0n) is 11.5. The number of anilines is 1. The maximum atomic E-state index is 11.9. The van der Waals surface area contributed by atoms with Crippen molar-refractivity contribution in [3.8, 4) is 0 Å². The Bertz CT molecular complexity index is 530. The predicted molar refractivity (Wildman–Crippen MR) is 76.4 cm³/mol. The molecule has 1 amide bonds. The lowest BCUT2D eigenvalue weighted by Gasteiger charge is -2.14. The lowest BCUT2D eigenvalue weighted by molar-refractivity contribution is -0.385. The third-order valence-corrected chi connectivity index (χ3v) is 3.86. The number of hydrogen-bond acceptors (Lipinski definition) is 4. The first-order valence-electron chi connectivity index (χ1n) is 6.78. The molecule has 3 N–H and O–H groups in total. The Morgan fingerprint density at radius 1 is 1.50 bits per heavy atom. The summed E-state index contributed by atoms with van der Waals surface area (Å²) in [5.41, 5.74) is 6.98. The number of carbonyl (C=O) groups excluding carboxylic acids is 1. The molecule has 6 heteroatoms. The van der Waals surface area contributed by atoms with Crippen molar-refractivity contribution in [2.45, 2.75) is 38.6 Å². The van der Waals surface area contributed by atoms with Crippen molar-refractivity contribution in [3.05, 3.63) is 33.9 Å². The molecule has 1 aromatic carbocycles. The van der Waals surface area contributed by atoms with Crippen LogP contribution < -0.4 is 11.1 Å². The summed E-state index contributed by atoms with van der Waals surface area (Å²) in [7, 11) is 0. The van der Waals surface area contributed by atoms with Crippen molar-refractivity contribution in [3.63, 3.8) is 0 Å². The number of nitrogens with zero attached hydrogens (tertiary/aromatic N) is 1. The molecule has 2 rings (SSSR count). The van der Waals surface area contributed by atoms with Crippen LogP contribution in [-0.4, -0.2) is 16.9 Å².